The lowest BCUT2D eigenvalue weighted by Crippen LogP contribution is -2.31. The number of rotatable bonds is 5. The van der Waals surface area contributed by atoms with E-state index in [9.17, 15) is 4.79 Å². The molecule has 6 nitrogen and oxygen atoms in total. The Labute approximate surface area is 189 Å². The minimum Gasteiger partial charge on any atom is -0.372 e. The summed E-state index contributed by atoms with van der Waals surface area (Å²) in [5.74, 6) is 1.58. The normalized spacial score (nSPS) is 17.6. The summed E-state index contributed by atoms with van der Waals surface area (Å²) in [6, 6.07) is 16.5. The molecule has 0 fully saturated rings. The number of carbonyl (C=O) groups is 1. The molecule has 5 rings (SSSR count). The highest BCUT2D eigenvalue weighted by Crippen LogP contribution is 2.41. The molecule has 1 N–H and O–H groups in total. The number of nitrogens with zero attached hydrogens (tertiary/aromatic N) is 4. The van der Waals surface area contributed by atoms with Crippen LogP contribution in [-0.4, -0.2) is 33.6 Å². The lowest BCUT2D eigenvalue weighted by atomic mass is 9.85. The number of carbonyl (C=O) groups excluding carboxylic acids is 1. The quantitative estimate of drug-likeness (QED) is 0.612. The van der Waals surface area contributed by atoms with Gasteiger partial charge in [0.05, 0.1) is 0 Å². The summed E-state index contributed by atoms with van der Waals surface area (Å²) in [4.78, 5) is 20.2. The Kier molecular flexibility index (Phi) is 5.29. The van der Waals surface area contributed by atoms with Crippen LogP contribution in [0.3, 0.4) is 0 Å². The van der Waals surface area contributed by atoms with Crippen molar-refractivity contribution >= 4 is 17.4 Å². The van der Waals surface area contributed by atoms with Crippen molar-refractivity contribution in [1.82, 2.24) is 14.8 Å². The molecule has 1 atom stereocenters. The summed E-state index contributed by atoms with van der Waals surface area (Å²) in [6.45, 7) is 8.32. The van der Waals surface area contributed by atoms with Crippen LogP contribution in [0.5, 0.6) is 0 Å². The van der Waals surface area contributed by atoms with Gasteiger partial charge in [-0.15, -0.1) is 5.10 Å². The average Bonchev–Trinajstić information content (AvgIpc) is 3.23. The number of hydrogen-bond acceptors (Lipinski definition) is 5. The molecular weight excluding hydrogens is 398 g/mol. The molecule has 164 valence electrons. The molecule has 1 aliphatic heterocycles. The molecule has 0 radical (unpaired) electrons. The Balaban J connectivity index is 1.61. The monoisotopic (exact) mass is 427 g/mol. The van der Waals surface area contributed by atoms with Crippen LogP contribution >= 0.6 is 0 Å². The van der Waals surface area contributed by atoms with Crippen LogP contribution in [0, 0.1) is 6.92 Å². The fourth-order valence-corrected chi connectivity index (χ4v) is 4.83. The van der Waals surface area contributed by atoms with Crippen molar-refractivity contribution in [2.75, 3.05) is 23.3 Å². The molecule has 3 aromatic rings. The third-order valence-corrected chi connectivity index (χ3v) is 6.48. The van der Waals surface area contributed by atoms with E-state index in [4.69, 9.17) is 10.1 Å². The van der Waals surface area contributed by atoms with E-state index in [2.05, 4.69) is 67.4 Å². The molecule has 2 aliphatic rings. The highest BCUT2D eigenvalue weighted by Gasteiger charge is 2.36. The maximum absolute atomic E-state index is 13.0. The van der Waals surface area contributed by atoms with Crippen molar-refractivity contribution in [3.05, 3.63) is 70.9 Å². The van der Waals surface area contributed by atoms with Crippen LogP contribution in [0.2, 0.25) is 0 Å². The largest absolute Gasteiger partial charge is 0.372 e. The third-order valence-electron chi connectivity index (χ3n) is 6.48. The van der Waals surface area contributed by atoms with Crippen molar-refractivity contribution in [1.29, 1.82) is 0 Å². The number of allylic oxidation sites excluding steroid dienone is 2. The molecule has 1 aromatic heterocycles. The van der Waals surface area contributed by atoms with Gasteiger partial charge in [0.1, 0.15) is 6.04 Å². The predicted molar refractivity (Wildman–Crippen MR) is 128 cm³/mol. The maximum Gasteiger partial charge on any atom is 0.226 e. The van der Waals surface area contributed by atoms with Gasteiger partial charge in [-0.25, -0.2) is 4.68 Å². The van der Waals surface area contributed by atoms with Gasteiger partial charge >= 0.3 is 0 Å². The van der Waals surface area contributed by atoms with Crippen molar-refractivity contribution < 1.29 is 4.79 Å². The van der Waals surface area contributed by atoms with Gasteiger partial charge < -0.3 is 10.2 Å². The fraction of sp³-hybridized carbons (Fsp3) is 0.346. The van der Waals surface area contributed by atoms with Gasteiger partial charge in [-0.05, 0) is 57.4 Å². The summed E-state index contributed by atoms with van der Waals surface area (Å²) >= 11 is 0. The van der Waals surface area contributed by atoms with Crippen LogP contribution in [0.25, 0.3) is 11.4 Å². The predicted octanol–water partition coefficient (Wildman–Crippen LogP) is 5.12. The Morgan fingerprint density at radius 1 is 1.09 bits per heavy atom. The Hall–Kier alpha value is -3.41. The molecule has 0 bridgehead atoms. The van der Waals surface area contributed by atoms with Crippen LogP contribution in [-0.2, 0) is 4.79 Å². The number of nitrogens with one attached hydrogen (secondary N) is 1. The smallest absolute Gasteiger partial charge is 0.226 e. The maximum atomic E-state index is 13.0. The van der Waals surface area contributed by atoms with Crippen LogP contribution in [0.4, 0.5) is 11.6 Å². The Bertz CT molecular complexity index is 1190. The molecule has 0 saturated heterocycles. The van der Waals surface area contributed by atoms with E-state index in [-0.39, 0.29) is 11.8 Å². The topological polar surface area (TPSA) is 63.1 Å². The molecule has 0 amide bonds. The minimum absolute atomic E-state index is 0.204. The first-order valence-electron chi connectivity index (χ1n) is 11.5. The number of anilines is 2. The van der Waals surface area contributed by atoms with E-state index in [1.165, 1.54) is 11.3 Å². The second-order valence-electron chi connectivity index (χ2n) is 8.53. The standard InChI is InChI=1S/C26H29N5O/c1-4-30(5-2)20-14-12-18(13-15-20)24-23-21(10-7-11-22(23)32)27-26-28-25(29-31(24)26)19-9-6-8-17(3)16-19/h6,8-9,12-16,24H,4-5,7,10-11H2,1-3H3,(H,27,28,29). The van der Waals surface area contributed by atoms with E-state index >= 15 is 0 Å². The highest BCUT2D eigenvalue weighted by molar-refractivity contribution is 5.99. The summed E-state index contributed by atoms with van der Waals surface area (Å²) in [5.41, 5.74) is 6.23. The van der Waals surface area contributed by atoms with Crippen molar-refractivity contribution in [2.24, 2.45) is 0 Å². The number of aryl methyl sites for hydroxylation is 1. The summed E-state index contributed by atoms with van der Waals surface area (Å²) in [5, 5.41) is 8.30. The van der Waals surface area contributed by atoms with Gasteiger partial charge in [0.2, 0.25) is 5.95 Å². The number of benzene rings is 2. The van der Waals surface area contributed by atoms with Crippen molar-refractivity contribution in [3.63, 3.8) is 0 Å². The van der Waals surface area contributed by atoms with Gasteiger partial charge in [0.15, 0.2) is 11.6 Å². The second-order valence-corrected chi connectivity index (χ2v) is 8.53. The number of hydrogen-bond donors (Lipinski definition) is 1. The van der Waals surface area contributed by atoms with Crippen LogP contribution in [0.15, 0.2) is 59.8 Å². The SMILES string of the molecule is CCN(CC)c1ccc(C2C3=C(CCCC3=O)Nc3nc(-c4cccc(C)c4)nn32)cc1. The van der Waals surface area contributed by atoms with Gasteiger partial charge in [-0.2, -0.15) is 4.98 Å². The second kappa shape index (κ2) is 8.26. The van der Waals surface area contributed by atoms with E-state index in [0.29, 0.717) is 18.2 Å². The van der Waals surface area contributed by atoms with Crippen LogP contribution < -0.4 is 10.2 Å². The Morgan fingerprint density at radius 3 is 2.59 bits per heavy atom. The fourth-order valence-electron chi connectivity index (χ4n) is 4.83. The van der Waals surface area contributed by atoms with E-state index < -0.39 is 0 Å². The lowest BCUT2D eigenvalue weighted by molar-refractivity contribution is -0.116. The number of ketones is 1. The summed E-state index contributed by atoms with van der Waals surface area (Å²) in [7, 11) is 0. The zero-order valence-corrected chi connectivity index (χ0v) is 18.9. The number of aromatic nitrogens is 3. The molecule has 6 heteroatoms. The van der Waals surface area contributed by atoms with Crippen molar-refractivity contribution in [3.8, 4) is 11.4 Å². The van der Waals surface area contributed by atoms with Gasteiger partial charge in [0, 0.05) is 42.0 Å². The molecular formula is C26H29N5O. The number of fused-ring (bicyclic) bond motifs is 1. The van der Waals surface area contributed by atoms with E-state index in [0.717, 1.165) is 48.3 Å². The van der Waals surface area contributed by atoms with E-state index in [1.807, 2.05) is 16.8 Å². The Morgan fingerprint density at radius 2 is 1.88 bits per heavy atom. The zero-order chi connectivity index (χ0) is 22.2. The molecule has 1 aliphatic carbocycles. The molecule has 0 spiro atoms. The highest BCUT2D eigenvalue weighted by atomic mass is 16.1. The summed E-state index contributed by atoms with van der Waals surface area (Å²) < 4.78 is 1.89. The van der Waals surface area contributed by atoms with Gasteiger partial charge in [-0.3, -0.25) is 4.79 Å². The lowest BCUT2D eigenvalue weighted by Gasteiger charge is -2.32. The van der Waals surface area contributed by atoms with Crippen LogP contribution in [0.1, 0.15) is 50.3 Å². The third kappa shape index (κ3) is 3.49. The summed E-state index contributed by atoms with van der Waals surface area (Å²) in [6.07, 6.45) is 2.32. The first kappa shape index (κ1) is 20.5. The molecule has 2 heterocycles. The van der Waals surface area contributed by atoms with E-state index in [1.54, 1.807) is 0 Å². The van der Waals surface area contributed by atoms with Gasteiger partial charge in [-0.1, -0.05) is 35.9 Å². The van der Waals surface area contributed by atoms with Gasteiger partial charge in [0.25, 0.3) is 0 Å². The number of Topliss-reactive ketones (excluding diaryl/α,β-unsaturated/α-hetero) is 1. The van der Waals surface area contributed by atoms with Crippen molar-refractivity contribution in [2.45, 2.75) is 46.1 Å². The average molecular weight is 428 g/mol. The molecule has 0 saturated carbocycles. The molecule has 1 unspecified atom stereocenters. The first-order chi connectivity index (χ1) is 15.6. The molecule has 2 aromatic carbocycles. The zero-order valence-electron chi connectivity index (χ0n) is 18.9. The molecule has 32 heavy (non-hydrogen) atoms. The first-order valence-corrected chi connectivity index (χ1v) is 11.5. The minimum atomic E-state index is -0.258.